The van der Waals surface area contributed by atoms with Gasteiger partial charge in [0.15, 0.2) is 17.3 Å². The van der Waals surface area contributed by atoms with E-state index >= 15 is 0 Å². The van der Waals surface area contributed by atoms with Crippen LogP contribution in [0, 0.1) is 0 Å². The van der Waals surface area contributed by atoms with Gasteiger partial charge in [-0.05, 0) is 30.3 Å². The van der Waals surface area contributed by atoms with Gasteiger partial charge in [-0.3, -0.25) is 0 Å². The Morgan fingerprint density at radius 2 is 1.96 bits per heavy atom. The summed E-state index contributed by atoms with van der Waals surface area (Å²) in [6, 6.07) is 9.55. The molecule has 4 heterocycles. The first-order chi connectivity index (χ1) is 11.9. The second-order valence-corrected chi connectivity index (χ2v) is 6.23. The average Bonchev–Trinajstić information content (AvgIpc) is 3.30. The fraction of sp³-hybridized carbons (Fsp3) is 0.188. The standard InChI is InChI=1S/C16H12N4O3S/c1-2-13(21-5-1)15-17-18-16-20(15)19-11(9-24-16)10-3-4-12-14(8-10)23-7-6-22-12/h1-5,8H,6-7,9H2. The molecular formula is C16H12N4O3S. The zero-order valence-corrected chi connectivity index (χ0v) is 13.3. The van der Waals surface area contributed by atoms with Crippen molar-refractivity contribution in [1.29, 1.82) is 0 Å². The molecule has 0 atom stereocenters. The topological polar surface area (TPSA) is 74.7 Å². The molecule has 24 heavy (non-hydrogen) atoms. The Kier molecular flexibility index (Phi) is 3.08. The van der Waals surface area contributed by atoms with Gasteiger partial charge in [-0.2, -0.15) is 9.78 Å². The van der Waals surface area contributed by atoms with E-state index in [1.165, 1.54) is 0 Å². The van der Waals surface area contributed by atoms with E-state index < -0.39 is 0 Å². The largest absolute Gasteiger partial charge is 0.486 e. The molecule has 1 aromatic carbocycles. The number of thioether (sulfide) groups is 1. The second-order valence-electron chi connectivity index (χ2n) is 5.29. The van der Waals surface area contributed by atoms with Crippen molar-refractivity contribution in [3.8, 4) is 23.1 Å². The molecule has 2 aliphatic rings. The van der Waals surface area contributed by atoms with Gasteiger partial charge in [-0.1, -0.05) is 11.8 Å². The number of benzene rings is 1. The number of nitrogens with zero attached hydrogens (tertiary/aromatic N) is 4. The van der Waals surface area contributed by atoms with Crippen LogP contribution in [0.15, 0.2) is 51.3 Å². The maximum absolute atomic E-state index is 5.66. The molecule has 7 nitrogen and oxygen atoms in total. The highest BCUT2D eigenvalue weighted by Crippen LogP contribution is 2.33. The normalized spacial score (nSPS) is 15.8. The van der Waals surface area contributed by atoms with Gasteiger partial charge in [-0.25, -0.2) is 0 Å². The minimum Gasteiger partial charge on any atom is -0.486 e. The van der Waals surface area contributed by atoms with Gasteiger partial charge in [0.2, 0.25) is 11.0 Å². The highest BCUT2D eigenvalue weighted by Gasteiger charge is 2.23. The highest BCUT2D eigenvalue weighted by molar-refractivity contribution is 7.99. The molecule has 0 aliphatic carbocycles. The summed E-state index contributed by atoms with van der Waals surface area (Å²) in [5.74, 6) is 3.48. The van der Waals surface area contributed by atoms with Gasteiger partial charge in [0.25, 0.3) is 0 Å². The third kappa shape index (κ3) is 2.18. The number of rotatable bonds is 2. The molecule has 0 spiro atoms. The molecular weight excluding hydrogens is 328 g/mol. The van der Waals surface area contributed by atoms with Crippen LogP contribution in [0.1, 0.15) is 5.56 Å². The lowest BCUT2D eigenvalue weighted by Gasteiger charge is -2.20. The van der Waals surface area contributed by atoms with E-state index in [2.05, 4.69) is 10.2 Å². The van der Waals surface area contributed by atoms with E-state index in [0.29, 0.717) is 24.8 Å². The molecule has 0 saturated heterocycles. The molecule has 5 rings (SSSR count). The molecule has 8 heteroatoms. The molecule has 2 aliphatic heterocycles. The Hall–Kier alpha value is -2.74. The Labute approximate surface area is 141 Å². The van der Waals surface area contributed by atoms with Crippen LogP contribution < -0.4 is 9.47 Å². The maximum atomic E-state index is 5.66. The van der Waals surface area contributed by atoms with E-state index in [0.717, 1.165) is 33.7 Å². The van der Waals surface area contributed by atoms with Crippen LogP contribution in [-0.2, 0) is 0 Å². The monoisotopic (exact) mass is 340 g/mol. The highest BCUT2D eigenvalue weighted by atomic mass is 32.2. The van der Waals surface area contributed by atoms with Gasteiger partial charge < -0.3 is 13.9 Å². The summed E-state index contributed by atoms with van der Waals surface area (Å²) in [6.07, 6.45) is 1.61. The molecule has 120 valence electrons. The van der Waals surface area contributed by atoms with Crippen molar-refractivity contribution in [3.05, 3.63) is 42.2 Å². The first-order valence-corrected chi connectivity index (χ1v) is 8.47. The van der Waals surface area contributed by atoms with Crippen LogP contribution in [0.25, 0.3) is 11.6 Å². The Balaban J connectivity index is 1.57. The molecule has 0 bridgehead atoms. The number of hydrogen-bond donors (Lipinski definition) is 0. The van der Waals surface area contributed by atoms with E-state index in [1.54, 1.807) is 22.7 Å². The van der Waals surface area contributed by atoms with E-state index in [-0.39, 0.29) is 0 Å². The van der Waals surface area contributed by atoms with Crippen LogP contribution in [0.5, 0.6) is 11.5 Å². The Bertz CT molecular complexity index is 933. The van der Waals surface area contributed by atoms with E-state index in [1.807, 2.05) is 30.3 Å². The lowest BCUT2D eigenvalue weighted by molar-refractivity contribution is 0.171. The number of hydrogen-bond acceptors (Lipinski definition) is 7. The second kappa shape index (κ2) is 5.41. The number of fused-ring (bicyclic) bond motifs is 2. The Morgan fingerprint density at radius 3 is 2.83 bits per heavy atom. The van der Waals surface area contributed by atoms with Crippen LogP contribution >= 0.6 is 11.8 Å². The van der Waals surface area contributed by atoms with Crippen molar-refractivity contribution >= 4 is 17.5 Å². The molecule has 3 aromatic rings. The van der Waals surface area contributed by atoms with Crippen molar-refractivity contribution in [1.82, 2.24) is 14.9 Å². The SMILES string of the molecule is c1coc(-c2nnc3n2N=C(c2ccc4c(c2)OCCO4)CS3)c1. The molecule has 0 amide bonds. The summed E-state index contributed by atoms with van der Waals surface area (Å²) < 4.78 is 18.4. The fourth-order valence-corrected chi connectivity index (χ4v) is 3.49. The third-order valence-corrected chi connectivity index (χ3v) is 4.72. The predicted octanol–water partition coefficient (Wildman–Crippen LogP) is 2.67. The zero-order valence-electron chi connectivity index (χ0n) is 12.5. The van der Waals surface area contributed by atoms with Crippen LogP contribution in [0.3, 0.4) is 0 Å². The Morgan fingerprint density at radius 1 is 1.04 bits per heavy atom. The summed E-state index contributed by atoms with van der Waals surface area (Å²) >= 11 is 1.59. The summed E-state index contributed by atoms with van der Waals surface area (Å²) in [5.41, 5.74) is 1.92. The van der Waals surface area contributed by atoms with Gasteiger partial charge in [0, 0.05) is 11.3 Å². The van der Waals surface area contributed by atoms with Crippen molar-refractivity contribution in [3.63, 3.8) is 0 Å². The number of aromatic nitrogens is 3. The van der Waals surface area contributed by atoms with Crippen molar-refractivity contribution in [2.75, 3.05) is 19.0 Å². The smallest absolute Gasteiger partial charge is 0.221 e. The molecule has 0 N–H and O–H groups in total. The minimum atomic E-state index is 0.565. The molecule has 0 radical (unpaired) electrons. The maximum Gasteiger partial charge on any atom is 0.221 e. The van der Waals surface area contributed by atoms with Crippen molar-refractivity contribution in [2.45, 2.75) is 5.16 Å². The summed E-state index contributed by atoms with van der Waals surface area (Å²) in [4.78, 5) is 0. The number of furan rings is 1. The van der Waals surface area contributed by atoms with Gasteiger partial charge >= 0.3 is 0 Å². The lowest BCUT2D eigenvalue weighted by Crippen LogP contribution is -2.17. The third-order valence-electron chi connectivity index (χ3n) is 3.79. The van der Waals surface area contributed by atoms with E-state index in [4.69, 9.17) is 19.0 Å². The summed E-state index contributed by atoms with van der Waals surface area (Å²) in [7, 11) is 0. The zero-order chi connectivity index (χ0) is 15.9. The van der Waals surface area contributed by atoms with Crippen LogP contribution in [0.2, 0.25) is 0 Å². The van der Waals surface area contributed by atoms with Gasteiger partial charge in [0.05, 0.1) is 12.0 Å². The van der Waals surface area contributed by atoms with Crippen molar-refractivity contribution < 1.29 is 13.9 Å². The number of ether oxygens (including phenoxy) is 2. The molecule has 0 saturated carbocycles. The first-order valence-electron chi connectivity index (χ1n) is 7.48. The molecule has 2 aromatic heterocycles. The molecule has 0 unspecified atom stereocenters. The summed E-state index contributed by atoms with van der Waals surface area (Å²) in [6.45, 7) is 1.15. The average molecular weight is 340 g/mol. The first kappa shape index (κ1) is 13.7. The summed E-state index contributed by atoms with van der Waals surface area (Å²) in [5, 5.41) is 13.8. The van der Waals surface area contributed by atoms with Crippen molar-refractivity contribution in [2.24, 2.45) is 5.10 Å². The predicted molar refractivity (Wildman–Crippen MR) is 87.8 cm³/mol. The minimum absolute atomic E-state index is 0.565. The fourth-order valence-electron chi connectivity index (χ4n) is 2.65. The van der Waals surface area contributed by atoms with E-state index in [9.17, 15) is 0 Å². The lowest BCUT2D eigenvalue weighted by atomic mass is 10.1. The van der Waals surface area contributed by atoms with Crippen LogP contribution in [0.4, 0.5) is 0 Å². The molecule has 0 fully saturated rings. The van der Waals surface area contributed by atoms with Gasteiger partial charge in [0.1, 0.15) is 13.2 Å². The van der Waals surface area contributed by atoms with Crippen LogP contribution in [-0.4, -0.2) is 39.6 Å². The quantitative estimate of drug-likeness (QED) is 0.714. The van der Waals surface area contributed by atoms with Gasteiger partial charge in [-0.15, -0.1) is 10.2 Å².